The number of carboxylic acid groups (broad SMARTS) is 1. The fraction of sp³-hybridized carbons (Fsp3) is 0.714. The van der Waals surface area contributed by atoms with Gasteiger partial charge in [0.25, 0.3) is 0 Å². The van der Waals surface area contributed by atoms with Crippen molar-refractivity contribution in [3.63, 3.8) is 0 Å². The molecule has 18 heavy (non-hydrogen) atoms. The number of aliphatic carboxylic acids is 1. The van der Waals surface area contributed by atoms with Crippen molar-refractivity contribution in [3.05, 3.63) is 11.6 Å². The first-order valence-electron chi connectivity index (χ1n) is 6.11. The van der Waals surface area contributed by atoms with Gasteiger partial charge in [0.05, 0.1) is 5.92 Å². The second-order valence-corrected chi connectivity index (χ2v) is 6.51. The number of ether oxygens (including phenoxy) is 1. The Morgan fingerprint density at radius 3 is 2.17 bits per heavy atom. The highest BCUT2D eigenvalue weighted by Gasteiger charge is 2.62. The normalized spacial score (nSPS) is 26.7. The van der Waals surface area contributed by atoms with Crippen LogP contribution in [0.2, 0.25) is 0 Å². The fourth-order valence-corrected chi connectivity index (χ4v) is 2.14. The van der Waals surface area contributed by atoms with E-state index < -0.39 is 11.6 Å². The van der Waals surface area contributed by atoms with Crippen molar-refractivity contribution in [1.29, 1.82) is 0 Å². The van der Waals surface area contributed by atoms with Gasteiger partial charge in [-0.2, -0.15) is 0 Å². The van der Waals surface area contributed by atoms with Crippen LogP contribution in [-0.2, 0) is 14.3 Å². The summed E-state index contributed by atoms with van der Waals surface area (Å²) < 4.78 is 5.35. The molecule has 2 atom stereocenters. The first-order valence-corrected chi connectivity index (χ1v) is 6.11. The number of carboxylic acids is 1. The largest absolute Gasteiger partial charge is 0.478 e. The van der Waals surface area contributed by atoms with Gasteiger partial charge in [-0.1, -0.05) is 19.9 Å². The number of esters is 1. The zero-order valence-corrected chi connectivity index (χ0v) is 11.9. The maximum absolute atomic E-state index is 12.0. The fourth-order valence-electron chi connectivity index (χ4n) is 2.14. The predicted octanol–water partition coefficient (Wildman–Crippen LogP) is 2.63. The highest BCUT2D eigenvalue weighted by atomic mass is 16.6. The molecule has 102 valence electrons. The summed E-state index contributed by atoms with van der Waals surface area (Å²) >= 11 is 0. The van der Waals surface area contributed by atoms with Gasteiger partial charge in [-0.25, -0.2) is 4.79 Å². The van der Waals surface area contributed by atoms with E-state index in [4.69, 9.17) is 9.84 Å². The van der Waals surface area contributed by atoms with Gasteiger partial charge < -0.3 is 9.84 Å². The van der Waals surface area contributed by atoms with E-state index in [-0.39, 0.29) is 28.8 Å². The van der Waals surface area contributed by atoms with Crippen LogP contribution in [0.1, 0.15) is 41.5 Å². The van der Waals surface area contributed by atoms with Crippen LogP contribution in [0.15, 0.2) is 11.6 Å². The molecule has 0 aliphatic heterocycles. The first kappa shape index (κ1) is 14.7. The third-order valence-electron chi connectivity index (χ3n) is 3.34. The molecule has 4 nitrogen and oxygen atoms in total. The summed E-state index contributed by atoms with van der Waals surface area (Å²) in [6.45, 7) is 10.9. The molecule has 0 heterocycles. The van der Waals surface area contributed by atoms with Gasteiger partial charge in [0.15, 0.2) is 0 Å². The lowest BCUT2D eigenvalue weighted by atomic mass is 10.1. The Balaban J connectivity index is 2.79. The van der Waals surface area contributed by atoms with Crippen LogP contribution in [0.5, 0.6) is 0 Å². The Morgan fingerprint density at radius 1 is 1.28 bits per heavy atom. The third kappa shape index (κ3) is 3.12. The van der Waals surface area contributed by atoms with Gasteiger partial charge in [0.2, 0.25) is 0 Å². The lowest BCUT2D eigenvalue weighted by Gasteiger charge is -2.19. The molecule has 1 fully saturated rings. The maximum Gasteiger partial charge on any atom is 0.330 e. The molecule has 1 aliphatic carbocycles. The Hall–Kier alpha value is -1.32. The molecule has 0 aromatic heterocycles. The molecular weight excluding hydrogens is 232 g/mol. The smallest absolute Gasteiger partial charge is 0.330 e. The van der Waals surface area contributed by atoms with Crippen LogP contribution in [0, 0.1) is 17.3 Å². The second kappa shape index (κ2) is 4.41. The molecule has 1 N–H and O–H groups in total. The molecule has 0 spiro atoms. The number of carbonyl (C=O) groups excluding carboxylic acids is 1. The summed E-state index contributed by atoms with van der Waals surface area (Å²) in [7, 11) is 0. The van der Waals surface area contributed by atoms with Crippen molar-refractivity contribution in [2.75, 3.05) is 0 Å². The first-order chi connectivity index (χ1) is 7.97. The highest BCUT2D eigenvalue weighted by Crippen LogP contribution is 2.60. The monoisotopic (exact) mass is 254 g/mol. The Labute approximate surface area is 108 Å². The van der Waals surface area contributed by atoms with Crippen molar-refractivity contribution >= 4 is 11.9 Å². The Morgan fingerprint density at radius 2 is 1.78 bits per heavy atom. The lowest BCUT2D eigenvalue weighted by molar-refractivity contribution is -0.157. The van der Waals surface area contributed by atoms with E-state index in [2.05, 4.69) is 0 Å². The van der Waals surface area contributed by atoms with Crippen LogP contribution in [-0.4, -0.2) is 22.6 Å². The van der Waals surface area contributed by atoms with Gasteiger partial charge >= 0.3 is 11.9 Å². The molecule has 0 aromatic rings. The molecule has 4 heteroatoms. The summed E-state index contributed by atoms with van der Waals surface area (Å²) in [6.07, 6.45) is 1.66. The molecule has 1 saturated carbocycles. The topological polar surface area (TPSA) is 63.6 Å². The highest BCUT2D eigenvalue weighted by molar-refractivity contribution is 5.86. The van der Waals surface area contributed by atoms with E-state index in [1.165, 1.54) is 0 Å². The van der Waals surface area contributed by atoms with Gasteiger partial charge in [0.1, 0.15) is 5.60 Å². The van der Waals surface area contributed by atoms with Crippen molar-refractivity contribution in [3.8, 4) is 0 Å². The second-order valence-electron chi connectivity index (χ2n) is 6.51. The van der Waals surface area contributed by atoms with Gasteiger partial charge in [0, 0.05) is 5.57 Å². The Bertz CT molecular complexity index is 399. The Kier molecular flexibility index (Phi) is 3.61. The molecule has 0 bridgehead atoms. The summed E-state index contributed by atoms with van der Waals surface area (Å²) in [6, 6.07) is 0. The van der Waals surface area contributed by atoms with Crippen molar-refractivity contribution in [2.45, 2.75) is 47.1 Å². The summed E-state index contributed by atoms with van der Waals surface area (Å²) in [4.78, 5) is 22.8. The van der Waals surface area contributed by atoms with Crippen molar-refractivity contribution in [1.82, 2.24) is 0 Å². The molecule has 0 amide bonds. The van der Waals surface area contributed by atoms with Crippen molar-refractivity contribution < 1.29 is 19.4 Å². The number of rotatable bonds is 3. The van der Waals surface area contributed by atoms with E-state index in [9.17, 15) is 9.59 Å². The summed E-state index contributed by atoms with van der Waals surface area (Å²) in [5.74, 6) is -1.48. The molecule has 0 radical (unpaired) electrons. The average molecular weight is 254 g/mol. The third-order valence-corrected chi connectivity index (χ3v) is 3.34. The van der Waals surface area contributed by atoms with Gasteiger partial charge in [-0.05, 0) is 39.0 Å². The van der Waals surface area contributed by atoms with Crippen LogP contribution in [0.25, 0.3) is 0 Å². The minimum absolute atomic E-state index is 0.0524. The van der Waals surface area contributed by atoms with Crippen LogP contribution in [0.3, 0.4) is 0 Å². The molecule has 0 saturated heterocycles. The molecule has 0 aromatic carbocycles. The van der Waals surface area contributed by atoms with E-state index in [1.54, 1.807) is 13.0 Å². The van der Waals surface area contributed by atoms with E-state index in [0.29, 0.717) is 0 Å². The minimum atomic E-state index is -0.944. The SMILES string of the molecule is C/C(=C\[C@H]1[C@H](C(=O)OC(C)(C)C)C1(C)C)C(=O)O. The molecular formula is C14H22O4. The lowest BCUT2D eigenvalue weighted by Crippen LogP contribution is -2.26. The number of allylic oxidation sites excluding steroid dienone is 1. The minimum Gasteiger partial charge on any atom is -0.478 e. The standard InChI is InChI=1S/C14H22O4/c1-8(11(15)16)7-9-10(14(9,5)6)12(17)18-13(2,3)4/h7,9-10H,1-6H3,(H,15,16)/b8-7+/t9-,10+/m0/s1. The number of hydrogen-bond acceptors (Lipinski definition) is 3. The number of hydrogen-bond donors (Lipinski definition) is 1. The van der Waals surface area contributed by atoms with Gasteiger partial charge in [-0.15, -0.1) is 0 Å². The van der Waals surface area contributed by atoms with E-state index in [1.807, 2.05) is 34.6 Å². The quantitative estimate of drug-likeness (QED) is 0.621. The average Bonchev–Trinajstić information content (AvgIpc) is 2.64. The zero-order chi connectivity index (χ0) is 14.3. The summed E-state index contributed by atoms with van der Waals surface area (Å²) in [5, 5.41) is 8.86. The maximum atomic E-state index is 12.0. The van der Waals surface area contributed by atoms with Crippen LogP contribution < -0.4 is 0 Å². The number of carbonyl (C=O) groups is 2. The van der Waals surface area contributed by atoms with Crippen molar-refractivity contribution in [2.24, 2.45) is 17.3 Å². The summed E-state index contributed by atoms with van der Waals surface area (Å²) in [5.41, 5.74) is -0.454. The predicted molar refractivity (Wildman–Crippen MR) is 68.0 cm³/mol. The zero-order valence-electron chi connectivity index (χ0n) is 11.9. The van der Waals surface area contributed by atoms with E-state index >= 15 is 0 Å². The molecule has 0 unspecified atom stereocenters. The molecule has 1 rings (SSSR count). The van der Waals surface area contributed by atoms with Gasteiger partial charge in [-0.3, -0.25) is 4.79 Å². The molecule has 1 aliphatic rings. The van der Waals surface area contributed by atoms with E-state index in [0.717, 1.165) is 0 Å². The van der Waals surface area contributed by atoms with Crippen LogP contribution >= 0.6 is 0 Å². The van der Waals surface area contributed by atoms with Crippen LogP contribution in [0.4, 0.5) is 0 Å².